The normalized spacial score (nSPS) is 16.2. The summed E-state index contributed by atoms with van der Waals surface area (Å²) in [5, 5.41) is 19.0. The Bertz CT molecular complexity index is 308. The van der Waals surface area contributed by atoms with Gasteiger partial charge in [0.2, 0.25) is 0 Å². The second kappa shape index (κ2) is 10.6. The Hall–Kier alpha value is -0.163. The second-order valence-electron chi connectivity index (χ2n) is 7.74. The lowest BCUT2D eigenvalue weighted by Gasteiger charge is -2.38. The van der Waals surface area contributed by atoms with Crippen molar-refractivity contribution < 1.29 is 14.6 Å². The van der Waals surface area contributed by atoms with Gasteiger partial charge in [0.05, 0.1) is 12.2 Å². The molecule has 0 saturated heterocycles. The summed E-state index contributed by atoms with van der Waals surface area (Å²) in [6.45, 7) is 13.6. The maximum Gasteiger partial charge on any atom is 0.192 e. The molecule has 3 nitrogen and oxygen atoms in total. The van der Waals surface area contributed by atoms with Gasteiger partial charge < -0.3 is 14.6 Å². The van der Waals surface area contributed by atoms with Crippen LogP contribution in [0.1, 0.15) is 66.2 Å². The van der Waals surface area contributed by atoms with Gasteiger partial charge >= 0.3 is 0 Å². The molecule has 0 aromatic carbocycles. The fourth-order valence-electron chi connectivity index (χ4n) is 2.05. The minimum Gasteiger partial charge on any atom is -0.411 e. The van der Waals surface area contributed by atoms with E-state index in [-0.39, 0.29) is 23.9 Å². The van der Waals surface area contributed by atoms with Gasteiger partial charge in [-0.1, -0.05) is 46.3 Å². The first-order valence-electron chi connectivity index (χ1n) is 8.77. The van der Waals surface area contributed by atoms with Crippen LogP contribution in [-0.4, -0.2) is 37.3 Å². The van der Waals surface area contributed by atoms with Crippen molar-refractivity contribution in [3.63, 3.8) is 0 Å². The molecule has 132 valence electrons. The molecule has 0 aromatic heterocycles. The molecule has 0 amide bonds. The van der Waals surface area contributed by atoms with Crippen molar-refractivity contribution in [2.24, 2.45) is 0 Å². The highest BCUT2D eigenvalue weighted by Crippen LogP contribution is 2.37. The fourth-order valence-corrected chi connectivity index (χ4v) is 3.35. The van der Waals surface area contributed by atoms with E-state index < -0.39 is 8.32 Å². The van der Waals surface area contributed by atoms with Gasteiger partial charge in [0.15, 0.2) is 8.32 Å². The van der Waals surface area contributed by atoms with Crippen LogP contribution >= 0.6 is 0 Å². The van der Waals surface area contributed by atoms with Crippen molar-refractivity contribution in [3.05, 3.63) is 12.2 Å². The van der Waals surface area contributed by atoms with Crippen LogP contribution < -0.4 is 0 Å². The third-order valence-corrected chi connectivity index (χ3v) is 9.03. The maximum absolute atomic E-state index is 9.82. The molecule has 0 radical (unpaired) electrons. The zero-order chi connectivity index (χ0) is 17.2. The van der Waals surface area contributed by atoms with E-state index in [0.29, 0.717) is 6.42 Å². The van der Waals surface area contributed by atoms with Crippen LogP contribution in [0.25, 0.3) is 0 Å². The number of hydrogen-bond donors (Lipinski definition) is 2. The molecule has 2 atom stereocenters. The summed E-state index contributed by atoms with van der Waals surface area (Å²) in [6, 6.07) is 0. The number of aliphatic hydroxyl groups excluding tert-OH is 2. The summed E-state index contributed by atoms with van der Waals surface area (Å²) in [5.74, 6) is 0. The lowest BCUT2D eigenvalue weighted by atomic mass is 10.1. The first-order valence-corrected chi connectivity index (χ1v) is 11.7. The fraction of sp³-hybridized carbons (Fsp3) is 0.889. The molecule has 0 spiro atoms. The zero-order valence-corrected chi connectivity index (χ0v) is 16.6. The van der Waals surface area contributed by atoms with Crippen LogP contribution in [0.5, 0.6) is 0 Å². The van der Waals surface area contributed by atoms with E-state index in [0.717, 1.165) is 32.1 Å². The lowest BCUT2D eigenvalue weighted by molar-refractivity contribution is 0.165. The predicted molar refractivity (Wildman–Crippen MR) is 97.7 cm³/mol. The van der Waals surface area contributed by atoms with E-state index in [1.165, 1.54) is 0 Å². The van der Waals surface area contributed by atoms with Crippen LogP contribution in [0, 0.1) is 0 Å². The molecule has 0 aliphatic rings. The molecule has 0 aromatic rings. The van der Waals surface area contributed by atoms with Crippen LogP contribution in [0.2, 0.25) is 18.1 Å². The first kappa shape index (κ1) is 21.8. The SMILES string of the molecule is CCC[C@@H](O)C/C=C/[C@H](CCCCO)O[Si](C)(C)C(C)(C)C. The van der Waals surface area contributed by atoms with Gasteiger partial charge in [0, 0.05) is 6.61 Å². The highest BCUT2D eigenvalue weighted by molar-refractivity contribution is 6.74. The van der Waals surface area contributed by atoms with Gasteiger partial charge in [-0.05, 0) is 50.2 Å². The summed E-state index contributed by atoms with van der Waals surface area (Å²) in [7, 11) is -1.80. The standard InChI is InChI=1S/C18H38O3Si/c1-7-11-16(20)12-10-14-17(13-8-9-15-19)21-22(5,6)18(2,3)4/h10,14,16-17,19-20H,7-9,11-13,15H2,1-6H3/b14-10+/t16-,17+/m1/s1. The van der Waals surface area contributed by atoms with Crippen molar-refractivity contribution in [2.75, 3.05) is 6.61 Å². The Kier molecular flexibility index (Phi) is 10.5. The highest BCUT2D eigenvalue weighted by atomic mass is 28.4. The van der Waals surface area contributed by atoms with Gasteiger partial charge in [-0.25, -0.2) is 0 Å². The molecule has 2 N–H and O–H groups in total. The lowest BCUT2D eigenvalue weighted by Crippen LogP contribution is -2.43. The van der Waals surface area contributed by atoms with Crippen LogP contribution in [0.15, 0.2) is 12.2 Å². The molecule has 0 unspecified atom stereocenters. The van der Waals surface area contributed by atoms with Crippen LogP contribution in [0.4, 0.5) is 0 Å². The minimum absolute atomic E-state index is 0.0984. The molecule has 0 bridgehead atoms. The molecule has 0 rings (SSSR count). The van der Waals surface area contributed by atoms with E-state index in [4.69, 9.17) is 9.53 Å². The van der Waals surface area contributed by atoms with Gasteiger partial charge in [-0.3, -0.25) is 0 Å². The first-order chi connectivity index (χ1) is 10.1. The van der Waals surface area contributed by atoms with Gasteiger partial charge in [-0.2, -0.15) is 0 Å². The summed E-state index contributed by atoms with van der Waals surface area (Å²) < 4.78 is 6.48. The third kappa shape index (κ3) is 9.08. The zero-order valence-electron chi connectivity index (χ0n) is 15.6. The van der Waals surface area contributed by atoms with E-state index in [1.807, 2.05) is 0 Å². The Balaban J connectivity index is 4.65. The largest absolute Gasteiger partial charge is 0.411 e. The minimum atomic E-state index is -1.80. The van der Waals surface area contributed by atoms with Crippen LogP contribution in [0.3, 0.4) is 0 Å². The van der Waals surface area contributed by atoms with E-state index >= 15 is 0 Å². The average Bonchev–Trinajstić information content (AvgIpc) is 2.37. The van der Waals surface area contributed by atoms with Crippen molar-refractivity contribution in [2.45, 2.75) is 96.6 Å². The molecule has 4 heteroatoms. The van der Waals surface area contributed by atoms with E-state index in [1.54, 1.807) is 0 Å². The molecular weight excluding hydrogens is 292 g/mol. The highest BCUT2D eigenvalue weighted by Gasteiger charge is 2.38. The smallest absolute Gasteiger partial charge is 0.192 e. The summed E-state index contributed by atoms with van der Waals surface area (Å²) in [5.41, 5.74) is 0. The quantitative estimate of drug-likeness (QED) is 0.329. The summed E-state index contributed by atoms with van der Waals surface area (Å²) >= 11 is 0. The summed E-state index contributed by atoms with van der Waals surface area (Å²) in [6.07, 6.45) is 9.33. The molecule has 22 heavy (non-hydrogen) atoms. The topological polar surface area (TPSA) is 49.7 Å². The molecule has 0 heterocycles. The van der Waals surface area contributed by atoms with Crippen molar-refractivity contribution in [1.29, 1.82) is 0 Å². The Morgan fingerprint density at radius 1 is 1.14 bits per heavy atom. The van der Waals surface area contributed by atoms with E-state index in [9.17, 15) is 5.11 Å². The Morgan fingerprint density at radius 3 is 2.27 bits per heavy atom. The number of aliphatic hydroxyl groups is 2. The Morgan fingerprint density at radius 2 is 1.77 bits per heavy atom. The monoisotopic (exact) mass is 330 g/mol. The van der Waals surface area contributed by atoms with Gasteiger partial charge in [0.1, 0.15) is 0 Å². The second-order valence-corrected chi connectivity index (χ2v) is 12.5. The van der Waals surface area contributed by atoms with Crippen molar-refractivity contribution in [1.82, 2.24) is 0 Å². The third-order valence-electron chi connectivity index (χ3n) is 4.53. The van der Waals surface area contributed by atoms with Gasteiger partial charge in [-0.15, -0.1) is 0 Å². The molecule has 0 aliphatic heterocycles. The molecular formula is C18H38O3Si. The number of unbranched alkanes of at least 4 members (excludes halogenated alkanes) is 1. The van der Waals surface area contributed by atoms with Crippen molar-refractivity contribution >= 4 is 8.32 Å². The Labute approximate surface area is 138 Å². The average molecular weight is 331 g/mol. The molecule has 0 aliphatic carbocycles. The number of rotatable bonds is 11. The van der Waals surface area contributed by atoms with Crippen molar-refractivity contribution in [3.8, 4) is 0 Å². The molecule has 0 saturated carbocycles. The van der Waals surface area contributed by atoms with Crippen LogP contribution in [-0.2, 0) is 4.43 Å². The number of hydrogen-bond acceptors (Lipinski definition) is 3. The van der Waals surface area contributed by atoms with E-state index in [2.05, 4.69) is 52.9 Å². The summed E-state index contributed by atoms with van der Waals surface area (Å²) in [4.78, 5) is 0. The maximum atomic E-state index is 9.82. The van der Waals surface area contributed by atoms with Gasteiger partial charge in [0.25, 0.3) is 0 Å². The molecule has 0 fully saturated rings. The predicted octanol–water partition coefficient (Wildman–Crippen LogP) is 4.65.